The van der Waals surface area contributed by atoms with Crippen LogP contribution in [0.5, 0.6) is 0 Å². The summed E-state index contributed by atoms with van der Waals surface area (Å²) >= 11 is 0. The quantitative estimate of drug-likeness (QED) is 0.238. The molecule has 0 aromatic carbocycles. The molecule has 0 atom stereocenters. The summed E-state index contributed by atoms with van der Waals surface area (Å²) in [5.41, 5.74) is 4.28. The van der Waals surface area contributed by atoms with Crippen LogP contribution in [-0.4, -0.2) is 16.1 Å². The number of nitrogens with zero attached hydrogens (tertiary/aromatic N) is 1. The van der Waals surface area contributed by atoms with Crippen LogP contribution < -0.4 is 5.73 Å². The highest BCUT2D eigenvalue weighted by Crippen LogP contribution is 1.77. The third-order valence-corrected chi connectivity index (χ3v) is 0.165. The minimum absolute atomic E-state index is 0.993. The number of nitriles is 1. The molecule has 0 aliphatic carbocycles. The molecule has 0 fully saturated rings. The highest BCUT2D eigenvalue weighted by Gasteiger charge is 2.11. The summed E-state index contributed by atoms with van der Waals surface area (Å²) in [6.07, 6.45) is 0. The molecule has 0 bridgehead atoms. The van der Waals surface area contributed by atoms with E-state index in [-0.39, 0.29) is 0 Å². The molecule has 0 aromatic rings. The molecule has 6 heavy (non-hydrogen) atoms. The molecule has 0 saturated carbocycles. The van der Waals surface area contributed by atoms with E-state index in [0.29, 0.717) is 0 Å². The van der Waals surface area contributed by atoms with Gasteiger partial charge in [0.25, 0.3) is 0 Å². The topological polar surface area (TPSA) is 90.3 Å². The van der Waals surface area contributed by atoms with Crippen molar-refractivity contribution in [3.8, 4) is 6.07 Å². The van der Waals surface area contributed by atoms with Crippen molar-refractivity contribution in [2.24, 2.45) is 5.73 Å². The van der Waals surface area contributed by atoms with E-state index in [1.165, 1.54) is 0 Å². The van der Waals surface area contributed by atoms with Crippen LogP contribution in [0.3, 0.4) is 0 Å². The van der Waals surface area contributed by atoms with Crippen LogP contribution in [0.1, 0.15) is 0 Å². The van der Waals surface area contributed by atoms with Gasteiger partial charge in [-0.15, -0.1) is 0 Å². The van der Waals surface area contributed by atoms with Crippen LogP contribution in [0.4, 0.5) is 0 Å². The van der Waals surface area contributed by atoms with Gasteiger partial charge in [-0.2, -0.15) is 5.26 Å². The number of hydrogen-bond donors (Lipinski definition) is 3. The van der Waals surface area contributed by atoms with Crippen LogP contribution in [0.15, 0.2) is 0 Å². The van der Waals surface area contributed by atoms with Crippen LogP contribution in [0.25, 0.3) is 0 Å². The highest BCUT2D eigenvalue weighted by atomic mass is 16.5. The van der Waals surface area contributed by atoms with Crippen LogP contribution in [0, 0.1) is 11.3 Å². The molecule has 0 amide bonds. The molecule has 0 aliphatic rings. The molecule has 0 saturated heterocycles. The van der Waals surface area contributed by atoms with Gasteiger partial charge >= 0.3 is 5.91 Å². The smallest absolute Gasteiger partial charge is 0.314 e. The molecule has 0 heterocycles. The molecule has 0 aliphatic heterocycles. The number of hydrogen-bond acceptors (Lipinski definition) is 4. The lowest BCUT2D eigenvalue weighted by Crippen LogP contribution is -2.36. The minimum atomic E-state index is -2.65. The van der Waals surface area contributed by atoms with Gasteiger partial charge in [0, 0.05) is 0 Å². The van der Waals surface area contributed by atoms with Gasteiger partial charge in [0.1, 0.15) is 6.07 Å². The van der Waals surface area contributed by atoms with E-state index >= 15 is 0 Å². The summed E-state index contributed by atoms with van der Waals surface area (Å²) in [4.78, 5) is 0. The largest absolute Gasteiger partial charge is 0.342 e. The van der Waals surface area contributed by atoms with Crippen molar-refractivity contribution in [1.82, 2.24) is 0 Å². The monoisotopic (exact) mass is 88.0 g/mol. The Balaban J connectivity index is 3.55. The third kappa shape index (κ3) is 3.37. The summed E-state index contributed by atoms with van der Waals surface area (Å²) in [5.74, 6) is -2.65. The Hall–Kier alpha value is -0.630. The summed E-state index contributed by atoms with van der Waals surface area (Å²) in [6, 6.07) is 0.993. The molecule has 34 valence electrons. The molecule has 0 radical (unpaired) electrons. The fourth-order valence-corrected chi connectivity index (χ4v) is 0. The molecule has 4 heteroatoms. The first-order chi connectivity index (χ1) is 2.56. The summed E-state index contributed by atoms with van der Waals surface area (Å²) in [7, 11) is 0. The van der Waals surface area contributed by atoms with Crippen molar-refractivity contribution < 1.29 is 10.2 Å². The molecule has 4 nitrogen and oxygen atoms in total. The van der Waals surface area contributed by atoms with Crippen molar-refractivity contribution in [1.29, 1.82) is 5.26 Å². The second kappa shape index (κ2) is 1.22. The van der Waals surface area contributed by atoms with Gasteiger partial charge in [-0.1, -0.05) is 0 Å². The van der Waals surface area contributed by atoms with Gasteiger partial charge in [0.05, 0.1) is 0 Å². The van der Waals surface area contributed by atoms with Crippen molar-refractivity contribution in [2.45, 2.75) is 5.91 Å². The fourth-order valence-electron chi connectivity index (χ4n) is 0. The minimum Gasteiger partial charge on any atom is -0.342 e. The number of rotatable bonds is 0. The summed E-state index contributed by atoms with van der Waals surface area (Å²) < 4.78 is 0. The Morgan fingerprint density at radius 1 is 1.67 bits per heavy atom. The average Bonchev–Trinajstić information content (AvgIpc) is 1.35. The normalized spacial score (nSPS) is 10.3. The van der Waals surface area contributed by atoms with E-state index in [0.717, 1.165) is 6.07 Å². The van der Waals surface area contributed by atoms with Crippen molar-refractivity contribution in [3.05, 3.63) is 0 Å². The zero-order valence-corrected chi connectivity index (χ0v) is 2.92. The Morgan fingerprint density at radius 2 is 1.83 bits per heavy atom. The van der Waals surface area contributed by atoms with Gasteiger partial charge in [-0.3, -0.25) is 5.73 Å². The maximum absolute atomic E-state index is 7.80. The zero-order chi connectivity index (χ0) is 5.21. The maximum Gasteiger partial charge on any atom is 0.314 e. The van der Waals surface area contributed by atoms with Gasteiger partial charge < -0.3 is 10.2 Å². The molecule has 0 unspecified atom stereocenters. The van der Waals surface area contributed by atoms with E-state index in [4.69, 9.17) is 15.5 Å². The standard InChI is InChI=1S/C2H4N2O2/c3-1-2(4,5)6/h5-6H,4H2. The second-order valence-corrected chi connectivity index (χ2v) is 0.838. The summed E-state index contributed by atoms with van der Waals surface area (Å²) in [5, 5.41) is 23.1. The first kappa shape index (κ1) is 5.37. The lowest BCUT2D eigenvalue weighted by molar-refractivity contribution is -0.104. The zero-order valence-electron chi connectivity index (χ0n) is 2.92. The Morgan fingerprint density at radius 3 is 1.83 bits per heavy atom. The highest BCUT2D eigenvalue weighted by molar-refractivity contribution is 4.83. The molecular weight excluding hydrogens is 84.0 g/mol. The van der Waals surface area contributed by atoms with Crippen molar-refractivity contribution in [3.63, 3.8) is 0 Å². The van der Waals surface area contributed by atoms with Crippen LogP contribution in [0.2, 0.25) is 0 Å². The predicted octanol–water partition coefficient (Wildman–Crippen LogP) is -1.89. The van der Waals surface area contributed by atoms with Crippen molar-refractivity contribution in [2.75, 3.05) is 0 Å². The fraction of sp³-hybridized carbons (Fsp3) is 0.500. The SMILES string of the molecule is N#CC(N)(O)O. The van der Waals surface area contributed by atoms with E-state index < -0.39 is 5.91 Å². The maximum atomic E-state index is 7.80. The van der Waals surface area contributed by atoms with E-state index in [1.54, 1.807) is 0 Å². The predicted molar refractivity (Wildman–Crippen MR) is 17.0 cm³/mol. The van der Waals surface area contributed by atoms with Crippen LogP contribution >= 0.6 is 0 Å². The van der Waals surface area contributed by atoms with E-state index in [2.05, 4.69) is 5.73 Å². The van der Waals surface area contributed by atoms with Gasteiger partial charge in [-0.05, 0) is 0 Å². The second-order valence-electron chi connectivity index (χ2n) is 0.838. The van der Waals surface area contributed by atoms with E-state index in [9.17, 15) is 0 Å². The Kier molecular flexibility index (Phi) is 1.09. The number of nitrogens with two attached hydrogens (primary N) is 1. The Labute approximate surface area is 34.4 Å². The Bertz CT molecular complexity index is 76.5. The molecule has 0 rings (SSSR count). The first-order valence-electron chi connectivity index (χ1n) is 1.21. The van der Waals surface area contributed by atoms with Crippen molar-refractivity contribution >= 4 is 0 Å². The lowest BCUT2D eigenvalue weighted by atomic mass is 10.6. The average molecular weight is 88.1 g/mol. The third-order valence-electron chi connectivity index (χ3n) is 0.165. The molecular formula is C2H4N2O2. The van der Waals surface area contributed by atoms with Gasteiger partial charge in [0.15, 0.2) is 0 Å². The van der Waals surface area contributed by atoms with Gasteiger partial charge in [-0.25, -0.2) is 0 Å². The first-order valence-corrected chi connectivity index (χ1v) is 1.21. The molecule has 0 aromatic heterocycles. The van der Waals surface area contributed by atoms with Gasteiger partial charge in [0.2, 0.25) is 0 Å². The summed E-state index contributed by atoms with van der Waals surface area (Å²) in [6.45, 7) is 0. The van der Waals surface area contributed by atoms with E-state index in [1.807, 2.05) is 0 Å². The molecule has 0 spiro atoms. The number of aliphatic hydroxyl groups is 2. The molecule has 4 N–H and O–H groups in total. The lowest BCUT2D eigenvalue weighted by Gasteiger charge is -1.99. The van der Waals surface area contributed by atoms with Crippen LogP contribution in [-0.2, 0) is 0 Å².